The summed E-state index contributed by atoms with van der Waals surface area (Å²) in [6.45, 7) is 8.43. The molecule has 4 nitrogen and oxygen atoms in total. The van der Waals surface area contributed by atoms with Gasteiger partial charge in [-0.05, 0) is 43.7 Å². The van der Waals surface area contributed by atoms with Gasteiger partial charge in [-0.3, -0.25) is 4.79 Å². The van der Waals surface area contributed by atoms with Gasteiger partial charge in [-0.2, -0.15) is 0 Å². The minimum Gasteiger partial charge on any atom is -0.393 e. The number of thioether (sulfide) groups is 1. The third kappa shape index (κ3) is 20.1. The van der Waals surface area contributed by atoms with Crippen molar-refractivity contribution < 1.29 is 13.7 Å². The number of nitrogens with one attached hydrogen (secondary N) is 1. The quantitative estimate of drug-likeness (QED) is 0.0872. The first-order valence-electron chi connectivity index (χ1n) is 16.9. The van der Waals surface area contributed by atoms with Crippen LogP contribution in [0.3, 0.4) is 0 Å². The first-order valence-corrected chi connectivity index (χ1v) is 20.1. The molecule has 2 unspecified atom stereocenters. The fourth-order valence-electron chi connectivity index (χ4n) is 5.46. The van der Waals surface area contributed by atoms with Gasteiger partial charge >= 0.3 is 8.56 Å². The molecule has 0 spiro atoms. The summed E-state index contributed by atoms with van der Waals surface area (Å²) in [7, 11) is -2.18. The van der Waals surface area contributed by atoms with Gasteiger partial charge in [0.15, 0.2) is 5.12 Å². The van der Waals surface area contributed by atoms with E-state index in [0.717, 1.165) is 56.7 Å². The standard InChI is InChI=1S/C32H65NO3SSi/c1-4-7-9-10-11-12-13-14-15-16-17-18-19-20-21-22-24-31-26-27-35-38(6-3,36-33-30-31)29-23-28-37-32(34)25-8-5-2/h31,33H,4-30H2,1-3H3. The van der Waals surface area contributed by atoms with Gasteiger partial charge in [-0.15, -0.1) is 0 Å². The number of hydrogen-bond acceptors (Lipinski definition) is 5. The summed E-state index contributed by atoms with van der Waals surface area (Å²) < 4.78 is 12.6. The maximum absolute atomic E-state index is 11.9. The van der Waals surface area contributed by atoms with Crippen molar-refractivity contribution in [2.75, 3.05) is 18.9 Å². The molecule has 0 radical (unpaired) electrons. The van der Waals surface area contributed by atoms with E-state index >= 15 is 0 Å². The van der Waals surface area contributed by atoms with E-state index in [0.29, 0.717) is 17.5 Å². The van der Waals surface area contributed by atoms with Crippen LogP contribution in [-0.2, 0) is 13.7 Å². The molecule has 0 aromatic rings. The zero-order chi connectivity index (χ0) is 27.6. The van der Waals surface area contributed by atoms with Gasteiger partial charge in [0.1, 0.15) is 0 Å². The lowest BCUT2D eigenvalue weighted by Crippen LogP contribution is -2.49. The Bertz CT molecular complexity index is 527. The van der Waals surface area contributed by atoms with Gasteiger partial charge in [0, 0.05) is 25.3 Å². The zero-order valence-corrected chi connectivity index (χ0v) is 27.6. The predicted octanol–water partition coefficient (Wildman–Crippen LogP) is 10.5. The Morgan fingerprint density at radius 3 is 1.87 bits per heavy atom. The van der Waals surface area contributed by atoms with Crippen molar-refractivity contribution in [1.29, 1.82) is 0 Å². The Labute approximate surface area is 243 Å². The zero-order valence-electron chi connectivity index (χ0n) is 25.8. The van der Waals surface area contributed by atoms with Crippen molar-refractivity contribution in [1.82, 2.24) is 5.48 Å². The third-order valence-electron chi connectivity index (χ3n) is 8.23. The second-order valence-electron chi connectivity index (χ2n) is 11.7. The van der Waals surface area contributed by atoms with E-state index in [9.17, 15) is 4.79 Å². The Balaban J connectivity index is 1.97. The number of rotatable bonds is 25. The van der Waals surface area contributed by atoms with Crippen molar-refractivity contribution in [2.45, 2.75) is 174 Å². The highest BCUT2D eigenvalue weighted by molar-refractivity contribution is 8.13. The molecule has 1 aliphatic rings. The molecule has 1 aliphatic heterocycles. The van der Waals surface area contributed by atoms with Gasteiger partial charge in [0.25, 0.3) is 0 Å². The van der Waals surface area contributed by atoms with Crippen LogP contribution in [0.25, 0.3) is 0 Å². The summed E-state index contributed by atoms with van der Waals surface area (Å²) in [5.74, 6) is 1.56. The lowest BCUT2D eigenvalue weighted by Gasteiger charge is -2.33. The van der Waals surface area contributed by atoms with Crippen LogP contribution in [0.5, 0.6) is 0 Å². The SMILES string of the molecule is CCCCCCCCCCCCCCCCCCC1CCO[Si](CC)(CCCSC(=O)CCCC)ONC1. The molecule has 1 heterocycles. The predicted molar refractivity (Wildman–Crippen MR) is 170 cm³/mol. The molecule has 38 heavy (non-hydrogen) atoms. The van der Waals surface area contributed by atoms with E-state index in [2.05, 4.69) is 26.3 Å². The van der Waals surface area contributed by atoms with Crippen LogP contribution in [0.2, 0.25) is 12.1 Å². The highest BCUT2D eigenvalue weighted by atomic mass is 32.2. The largest absolute Gasteiger partial charge is 0.393 e. The summed E-state index contributed by atoms with van der Waals surface area (Å²) in [5, 5.41) is 0.341. The minimum atomic E-state index is -2.18. The number of carbonyl (C=O) groups excluding carboxylic acids is 1. The number of carbonyl (C=O) groups is 1. The van der Waals surface area contributed by atoms with Crippen LogP contribution in [0.4, 0.5) is 0 Å². The fourth-order valence-corrected chi connectivity index (χ4v) is 9.08. The molecule has 0 aromatic heterocycles. The summed E-state index contributed by atoms with van der Waals surface area (Å²) in [4.78, 5) is 11.9. The lowest BCUT2D eigenvalue weighted by molar-refractivity contribution is -0.111. The van der Waals surface area contributed by atoms with Crippen LogP contribution >= 0.6 is 11.8 Å². The Morgan fingerprint density at radius 1 is 0.763 bits per heavy atom. The van der Waals surface area contributed by atoms with Crippen molar-refractivity contribution in [2.24, 2.45) is 5.92 Å². The average Bonchev–Trinajstić information content (AvgIpc) is 2.91. The highest BCUT2D eigenvalue weighted by Gasteiger charge is 2.37. The van der Waals surface area contributed by atoms with Gasteiger partial charge < -0.3 is 8.95 Å². The molecule has 1 N–H and O–H groups in total. The van der Waals surface area contributed by atoms with E-state index in [4.69, 9.17) is 8.95 Å². The number of hydroxylamine groups is 1. The smallest absolute Gasteiger partial charge is 0.357 e. The van der Waals surface area contributed by atoms with Crippen LogP contribution in [0.15, 0.2) is 0 Å². The van der Waals surface area contributed by atoms with E-state index in [1.807, 2.05) is 0 Å². The number of hydrogen-bond donors (Lipinski definition) is 1. The second-order valence-corrected chi connectivity index (χ2v) is 16.4. The topological polar surface area (TPSA) is 47.6 Å². The molecule has 226 valence electrons. The van der Waals surface area contributed by atoms with E-state index in [1.54, 1.807) is 0 Å². The number of unbranched alkanes of at least 4 members (excludes halogenated alkanes) is 16. The fraction of sp³-hybridized carbons (Fsp3) is 0.969. The normalized spacial score (nSPS) is 20.3. The Morgan fingerprint density at radius 2 is 1.32 bits per heavy atom. The van der Waals surface area contributed by atoms with E-state index < -0.39 is 8.56 Å². The first-order chi connectivity index (χ1) is 18.7. The molecule has 0 aliphatic carbocycles. The molecule has 1 fully saturated rings. The molecule has 6 heteroatoms. The van der Waals surface area contributed by atoms with Crippen molar-refractivity contribution >= 4 is 25.4 Å². The van der Waals surface area contributed by atoms with Gasteiger partial charge in [0.05, 0.1) is 0 Å². The molecule has 2 atom stereocenters. The third-order valence-corrected chi connectivity index (χ3v) is 12.7. The summed E-state index contributed by atoms with van der Waals surface area (Å²) in [6, 6.07) is 1.95. The van der Waals surface area contributed by atoms with Gasteiger partial charge in [-0.25, -0.2) is 5.48 Å². The minimum absolute atomic E-state index is 0.341. The average molecular weight is 572 g/mol. The van der Waals surface area contributed by atoms with Gasteiger partial charge in [-0.1, -0.05) is 142 Å². The van der Waals surface area contributed by atoms with Crippen LogP contribution in [-0.4, -0.2) is 32.6 Å². The van der Waals surface area contributed by atoms with E-state index in [-0.39, 0.29) is 0 Å². The van der Waals surface area contributed by atoms with Crippen molar-refractivity contribution in [3.63, 3.8) is 0 Å². The summed E-state index contributed by atoms with van der Waals surface area (Å²) in [5.41, 5.74) is 3.32. The first kappa shape index (κ1) is 36.1. The highest BCUT2D eigenvalue weighted by Crippen LogP contribution is 2.26. The monoisotopic (exact) mass is 571 g/mol. The van der Waals surface area contributed by atoms with Gasteiger partial charge in [0.2, 0.25) is 0 Å². The molecule has 0 aromatic carbocycles. The molecule has 0 bridgehead atoms. The summed E-state index contributed by atoms with van der Waals surface area (Å²) in [6.07, 6.45) is 29.1. The lowest BCUT2D eigenvalue weighted by atomic mass is 9.97. The molecule has 1 rings (SSSR count). The van der Waals surface area contributed by atoms with Crippen LogP contribution in [0.1, 0.15) is 162 Å². The molecule has 0 amide bonds. The Hall–Kier alpha value is 0.117. The molecular weight excluding hydrogens is 507 g/mol. The van der Waals surface area contributed by atoms with Crippen LogP contribution < -0.4 is 5.48 Å². The van der Waals surface area contributed by atoms with Crippen LogP contribution in [0, 0.1) is 5.92 Å². The molecular formula is C32H65NO3SSi. The second kappa shape index (κ2) is 26.0. The summed E-state index contributed by atoms with van der Waals surface area (Å²) >= 11 is 1.50. The van der Waals surface area contributed by atoms with Crippen molar-refractivity contribution in [3.05, 3.63) is 0 Å². The molecule has 1 saturated heterocycles. The maximum atomic E-state index is 11.9. The Kier molecular flexibility index (Phi) is 24.8. The maximum Gasteiger partial charge on any atom is 0.357 e. The molecule has 0 saturated carbocycles. The van der Waals surface area contributed by atoms with E-state index in [1.165, 1.54) is 121 Å². The van der Waals surface area contributed by atoms with Crippen molar-refractivity contribution in [3.8, 4) is 0 Å².